The van der Waals surface area contributed by atoms with Gasteiger partial charge in [-0.2, -0.15) is 0 Å². The number of hydrogen-bond donors (Lipinski definition) is 1. The van der Waals surface area contributed by atoms with Crippen molar-refractivity contribution in [1.82, 2.24) is 29.3 Å². The van der Waals surface area contributed by atoms with Gasteiger partial charge in [0, 0.05) is 44.4 Å². The Balaban J connectivity index is 1.57. The van der Waals surface area contributed by atoms with Gasteiger partial charge in [-0.1, -0.05) is 20.8 Å². The molecule has 0 spiro atoms. The van der Waals surface area contributed by atoms with Crippen molar-refractivity contribution in [2.75, 3.05) is 13.1 Å². The van der Waals surface area contributed by atoms with E-state index in [4.69, 9.17) is 0 Å². The zero-order valence-corrected chi connectivity index (χ0v) is 15.3. The molecule has 0 bridgehead atoms. The lowest BCUT2D eigenvalue weighted by Gasteiger charge is -2.37. The molecule has 7 heteroatoms. The smallest absolute Gasteiger partial charge is 0.317 e. The molecule has 1 saturated heterocycles. The highest BCUT2D eigenvalue weighted by atomic mass is 16.2. The van der Waals surface area contributed by atoms with Crippen molar-refractivity contribution < 1.29 is 4.79 Å². The Kier molecular flexibility index (Phi) is 5.40. The SMILES string of the molecule is CC(C)Cn1ccnc1CNC(=O)N1CC[C@@H](C)[C@H](n2ccnc2)C1. The maximum atomic E-state index is 12.6. The Bertz CT molecular complexity index is 678. The predicted octanol–water partition coefficient (Wildman–Crippen LogP) is 2.53. The Morgan fingerprint density at radius 3 is 2.92 bits per heavy atom. The number of carbonyl (C=O) groups excluding carboxylic acids is 1. The third kappa shape index (κ3) is 4.21. The predicted molar refractivity (Wildman–Crippen MR) is 95.9 cm³/mol. The molecule has 25 heavy (non-hydrogen) atoms. The summed E-state index contributed by atoms with van der Waals surface area (Å²) in [6, 6.07) is 0.265. The van der Waals surface area contributed by atoms with Crippen LogP contribution < -0.4 is 5.32 Å². The largest absolute Gasteiger partial charge is 0.333 e. The van der Waals surface area contributed by atoms with Crippen molar-refractivity contribution in [1.29, 1.82) is 0 Å². The van der Waals surface area contributed by atoms with E-state index in [1.54, 1.807) is 12.4 Å². The quantitative estimate of drug-likeness (QED) is 0.906. The lowest BCUT2D eigenvalue weighted by molar-refractivity contribution is 0.139. The summed E-state index contributed by atoms with van der Waals surface area (Å²) in [7, 11) is 0. The van der Waals surface area contributed by atoms with Gasteiger partial charge in [-0.15, -0.1) is 0 Å². The average molecular weight is 344 g/mol. The van der Waals surface area contributed by atoms with Crippen LogP contribution in [0, 0.1) is 11.8 Å². The molecular weight excluding hydrogens is 316 g/mol. The fraction of sp³-hybridized carbons (Fsp3) is 0.611. The second-order valence-corrected chi connectivity index (χ2v) is 7.34. The van der Waals surface area contributed by atoms with Crippen LogP contribution in [0.2, 0.25) is 0 Å². The normalized spacial score (nSPS) is 20.9. The molecule has 2 amide bonds. The van der Waals surface area contributed by atoms with E-state index in [0.717, 1.165) is 25.3 Å². The van der Waals surface area contributed by atoms with Gasteiger partial charge in [-0.05, 0) is 18.3 Å². The van der Waals surface area contributed by atoms with Crippen LogP contribution in [0.1, 0.15) is 39.1 Å². The Hall–Kier alpha value is -2.31. The van der Waals surface area contributed by atoms with E-state index in [1.807, 2.05) is 23.6 Å². The summed E-state index contributed by atoms with van der Waals surface area (Å²) in [5.74, 6) is 1.98. The molecule has 2 aromatic heterocycles. The number of urea groups is 1. The molecule has 3 heterocycles. The number of aromatic nitrogens is 4. The van der Waals surface area contributed by atoms with Gasteiger partial charge in [0.1, 0.15) is 5.82 Å². The summed E-state index contributed by atoms with van der Waals surface area (Å²) in [6.45, 7) is 9.46. The van der Waals surface area contributed by atoms with Crippen molar-refractivity contribution in [3.63, 3.8) is 0 Å². The van der Waals surface area contributed by atoms with Crippen molar-refractivity contribution in [2.24, 2.45) is 11.8 Å². The molecule has 7 nitrogen and oxygen atoms in total. The zero-order chi connectivity index (χ0) is 17.8. The number of carbonyl (C=O) groups is 1. The summed E-state index contributed by atoms with van der Waals surface area (Å²) >= 11 is 0. The number of amides is 2. The Morgan fingerprint density at radius 2 is 2.20 bits per heavy atom. The molecule has 1 N–H and O–H groups in total. The highest BCUT2D eigenvalue weighted by molar-refractivity contribution is 5.74. The van der Waals surface area contributed by atoms with Crippen LogP contribution in [0.25, 0.3) is 0 Å². The third-order valence-corrected chi connectivity index (χ3v) is 4.87. The molecule has 136 valence electrons. The number of rotatable bonds is 5. The minimum Gasteiger partial charge on any atom is -0.333 e. The van der Waals surface area contributed by atoms with Gasteiger partial charge in [-0.25, -0.2) is 14.8 Å². The average Bonchev–Trinajstić information content (AvgIpc) is 3.24. The molecule has 0 radical (unpaired) electrons. The molecular formula is C18H28N6O. The van der Waals surface area contributed by atoms with Crippen molar-refractivity contribution in [2.45, 2.75) is 46.3 Å². The van der Waals surface area contributed by atoms with Crippen LogP contribution in [0.15, 0.2) is 31.1 Å². The maximum absolute atomic E-state index is 12.6. The number of imidazole rings is 2. The summed E-state index contributed by atoms with van der Waals surface area (Å²) in [5, 5.41) is 3.03. The van der Waals surface area contributed by atoms with Crippen LogP contribution in [0.4, 0.5) is 4.79 Å². The second kappa shape index (κ2) is 7.72. The number of likely N-dealkylation sites (tertiary alicyclic amines) is 1. The zero-order valence-electron chi connectivity index (χ0n) is 15.3. The van der Waals surface area contributed by atoms with Gasteiger partial charge < -0.3 is 19.4 Å². The first-order chi connectivity index (χ1) is 12.0. The highest BCUT2D eigenvalue weighted by Gasteiger charge is 2.29. The molecule has 2 aromatic rings. The first kappa shape index (κ1) is 17.5. The molecule has 2 atom stereocenters. The molecule has 0 aliphatic carbocycles. The lowest BCUT2D eigenvalue weighted by Crippen LogP contribution is -2.48. The maximum Gasteiger partial charge on any atom is 0.317 e. The summed E-state index contributed by atoms with van der Waals surface area (Å²) in [5.41, 5.74) is 0. The fourth-order valence-corrected chi connectivity index (χ4v) is 3.42. The van der Waals surface area contributed by atoms with E-state index in [-0.39, 0.29) is 12.1 Å². The van der Waals surface area contributed by atoms with E-state index in [0.29, 0.717) is 24.9 Å². The van der Waals surface area contributed by atoms with Gasteiger partial charge in [0.15, 0.2) is 0 Å². The van der Waals surface area contributed by atoms with E-state index < -0.39 is 0 Å². The molecule has 0 unspecified atom stereocenters. The Morgan fingerprint density at radius 1 is 1.36 bits per heavy atom. The molecule has 3 rings (SSSR count). The van der Waals surface area contributed by atoms with E-state index in [2.05, 4.69) is 45.2 Å². The summed E-state index contributed by atoms with van der Waals surface area (Å²) in [4.78, 5) is 23.0. The Labute approximate surface area is 149 Å². The van der Waals surface area contributed by atoms with Crippen LogP contribution in [-0.4, -0.2) is 43.1 Å². The first-order valence-corrected chi connectivity index (χ1v) is 9.04. The summed E-state index contributed by atoms with van der Waals surface area (Å²) in [6.07, 6.45) is 10.4. The fourth-order valence-electron chi connectivity index (χ4n) is 3.42. The lowest BCUT2D eigenvalue weighted by atomic mass is 9.93. The minimum absolute atomic E-state index is 0.0175. The van der Waals surface area contributed by atoms with E-state index >= 15 is 0 Å². The van der Waals surface area contributed by atoms with Gasteiger partial charge >= 0.3 is 6.03 Å². The van der Waals surface area contributed by atoms with Gasteiger partial charge in [0.05, 0.1) is 18.9 Å². The monoisotopic (exact) mass is 344 g/mol. The van der Waals surface area contributed by atoms with Crippen molar-refractivity contribution >= 4 is 6.03 Å². The number of nitrogens with one attached hydrogen (secondary N) is 1. The van der Waals surface area contributed by atoms with Gasteiger partial charge in [-0.3, -0.25) is 0 Å². The van der Waals surface area contributed by atoms with Crippen LogP contribution in [0.5, 0.6) is 0 Å². The van der Waals surface area contributed by atoms with Crippen LogP contribution >= 0.6 is 0 Å². The molecule has 1 aliphatic heterocycles. The minimum atomic E-state index is -0.0175. The van der Waals surface area contributed by atoms with Gasteiger partial charge in [0.2, 0.25) is 0 Å². The van der Waals surface area contributed by atoms with E-state index in [9.17, 15) is 4.79 Å². The summed E-state index contributed by atoms with van der Waals surface area (Å²) < 4.78 is 4.22. The van der Waals surface area contributed by atoms with Crippen LogP contribution in [0.3, 0.4) is 0 Å². The first-order valence-electron chi connectivity index (χ1n) is 9.04. The highest BCUT2D eigenvalue weighted by Crippen LogP contribution is 2.27. The van der Waals surface area contributed by atoms with E-state index in [1.165, 1.54) is 0 Å². The molecule has 0 saturated carbocycles. The number of hydrogen-bond acceptors (Lipinski definition) is 3. The van der Waals surface area contributed by atoms with Gasteiger partial charge in [0.25, 0.3) is 0 Å². The number of piperidine rings is 1. The van der Waals surface area contributed by atoms with Crippen molar-refractivity contribution in [3.05, 3.63) is 36.9 Å². The van der Waals surface area contributed by atoms with Crippen molar-refractivity contribution in [3.8, 4) is 0 Å². The molecule has 1 aliphatic rings. The van der Waals surface area contributed by atoms with Crippen LogP contribution in [-0.2, 0) is 13.1 Å². The number of nitrogens with zero attached hydrogens (tertiary/aromatic N) is 5. The topological polar surface area (TPSA) is 68.0 Å². The molecule has 0 aromatic carbocycles. The standard InChI is InChI=1S/C18H28N6O/c1-14(2)11-22-9-6-20-17(22)10-21-18(25)23-7-4-15(3)16(12-23)24-8-5-19-13-24/h5-6,8-9,13-16H,4,7,10-12H2,1-3H3,(H,21,25)/t15-,16-/m1/s1. The molecule has 1 fully saturated rings. The third-order valence-electron chi connectivity index (χ3n) is 4.87. The second-order valence-electron chi connectivity index (χ2n) is 7.34.